The molecule has 2 rings (SSSR count). The van der Waals surface area contributed by atoms with Crippen LogP contribution in [0, 0.1) is 11.6 Å². The topological polar surface area (TPSA) is 81.9 Å². The Morgan fingerprint density at radius 1 is 1.23 bits per heavy atom. The van der Waals surface area contributed by atoms with E-state index in [1.165, 1.54) is 12.1 Å². The summed E-state index contributed by atoms with van der Waals surface area (Å²) < 4.78 is 38.9. The first-order valence-electron chi connectivity index (χ1n) is 10.1. The zero-order valence-corrected chi connectivity index (χ0v) is 19.5. The second-order valence-electron chi connectivity index (χ2n) is 9.69. The lowest BCUT2D eigenvalue weighted by Crippen LogP contribution is -2.56. The van der Waals surface area contributed by atoms with E-state index in [9.17, 15) is 18.4 Å². The van der Waals surface area contributed by atoms with Crippen molar-refractivity contribution in [1.82, 2.24) is 4.90 Å². The molecule has 0 radical (unpaired) electrons. The summed E-state index contributed by atoms with van der Waals surface area (Å²) in [4.78, 5) is 26.3. The van der Waals surface area contributed by atoms with Crippen LogP contribution in [-0.4, -0.2) is 49.0 Å². The monoisotopic (exact) mass is 442 g/mol. The Hall–Kier alpha value is -1.84. The third-order valence-electron chi connectivity index (χ3n) is 4.53. The summed E-state index contributed by atoms with van der Waals surface area (Å²) >= 11 is 0. The van der Waals surface area contributed by atoms with Crippen LogP contribution in [0.3, 0.4) is 0 Å². The molecule has 1 fully saturated rings. The zero-order valence-electron chi connectivity index (χ0n) is 18.5. The molecule has 0 bridgehead atoms. The lowest BCUT2D eigenvalue weighted by Gasteiger charge is -2.38. The summed E-state index contributed by atoms with van der Waals surface area (Å²) in [6.07, 6.45) is -0.712. The van der Waals surface area contributed by atoms with Crippen LogP contribution >= 0.6 is 0 Å². The predicted octanol–water partition coefficient (Wildman–Crippen LogP) is 3.98. The third kappa shape index (κ3) is 6.85. The molecule has 1 saturated heterocycles. The molecule has 1 heterocycles. The van der Waals surface area contributed by atoms with Gasteiger partial charge in [0.1, 0.15) is 17.2 Å². The molecule has 6 nitrogen and oxygen atoms in total. The fourth-order valence-electron chi connectivity index (χ4n) is 3.54. The average Bonchev–Trinajstić information content (AvgIpc) is 2.90. The number of nitrogens with two attached hydrogens (primary N) is 1. The lowest BCUT2D eigenvalue weighted by molar-refractivity contribution is -0.129. The molecule has 1 aromatic carbocycles. The SMILES string of the molecule is CC(C)(C)OC(=O)N1C(=O)CC[C@H]1[C@@H](O[Si](C)(C)C)[C@@H](N)Cc1cc(F)cc(F)c1. The third-order valence-corrected chi connectivity index (χ3v) is 5.51. The molecule has 0 saturated carbocycles. The highest BCUT2D eigenvalue weighted by Gasteiger charge is 2.45. The van der Waals surface area contributed by atoms with Gasteiger partial charge in [-0.3, -0.25) is 4.79 Å². The second-order valence-corrected chi connectivity index (χ2v) is 14.2. The van der Waals surface area contributed by atoms with Gasteiger partial charge < -0.3 is 14.9 Å². The molecule has 3 atom stereocenters. The van der Waals surface area contributed by atoms with Crippen LogP contribution in [0.4, 0.5) is 13.6 Å². The summed E-state index contributed by atoms with van der Waals surface area (Å²) in [5.41, 5.74) is 6.06. The van der Waals surface area contributed by atoms with Crippen molar-refractivity contribution >= 4 is 20.3 Å². The molecule has 0 aromatic heterocycles. The van der Waals surface area contributed by atoms with Gasteiger partial charge >= 0.3 is 6.09 Å². The smallest absolute Gasteiger partial charge is 0.417 e. The molecule has 30 heavy (non-hydrogen) atoms. The maximum Gasteiger partial charge on any atom is 0.417 e. The molecule has 1 aromatic rings. The molecule has 168 valence electrons. The number of imide groups is 1. The van der Waals surface area contributed by atoms with E-state index < -0.39 is 49.8 Å². The molecule has 0 unspecified atom stereocenters. The molecule has 2 N–H and O–H groups in total. The van der Waals surface area contributed by atoms with Crippen LogP contribution < -0.4 is 5.73 Å². The van der Waals surface area contributed by atoms with E-state index in [1.54, 1.807) is 20.8 Å². The minimum absolute atomic E-state index is 0.136. The number of halogens is 2. The lowest BCUT2D eigenvalue weighted by atomic mass is 9.95. The molecule has 0 spiro atoms. The van der Waals surface area contributed by atoms with E-state index in [1.807, 2.05) is 19.6 Å². The Kier molecular flexibility index (Phi) is 7.42. The minimum atomic E-state index is -2.14. The summed E-state index contributed by atoms with van der Waals surface area (Å²) in [7, 11) is -2.14. The van der Waals surface area contributed by atoms with E-state index in [2.05, 4.69) is 0 Å². The Morgan fingerprint density at radius 2 is 1.80 bits per heavy atom. The summed E-state index contributed by atoms with van der Waals surface area (Å²) in [6.45, 7) is 11.1. The van der Waals surface area contributed by atoms with E-state index in [-0.39, 0.29) is 18.7 Å². The summed E-state index contributed by atoms with van der Waals surface area (Å²) in [6, 6.07) is 1.96. The van der Waals surface area contributed by atoms with E-state index in [0.717, 1.165) is 11.0 Å². The van der Waals surface area contributed by atoms with Crippen molar-refractivity contribution in [1.29, 1.82) is 0 Å². The number of carbonyl (C=O) groups is 2. The number of benzene rings is 1. The van der Waals surface area contributed by atoms with Crippen molar-refractivity contribution in [2.75, 3.05) is 0 Å². The van der Waals surface area contributed by atoms with Crippen LogP contribution in [0.5, 0.6) is 0 Å². The van der Waals surface area contributed by atoms with Crippen LogP contribution in [0.15, 0.2) is 18.2 Å². The quantitative estimate of drug-likeness (QED) is 0.674. The maximum atomic E-state index is 13.6. The first kappa shape index (κ1) is 24.4. The number of hydrogen-bond donors (Lipinski definition) is 1. The number of carbonyl (C=O) groups excluding carboxylic acids is 2. The number of nitrogens with zero attached hydrogens (tertiary/aromatic N) is 1. The highest BCUT2D eigenvalue weighted by atomic mass is 28.4. The van der Waals surface area contributed by atoms with Gasteiger partial charge in [0, 0.05) is 18.5 Å². The molecular formula is C21H32F2N2O4Si. The number of ether oxygens (including phenoxy) is 1. The molecule has 9 heteroatoms. The van der Waals surface area contributed by atoms with Crippen LogP contribution in [-0.2, 0) is 20.4 Å². The van der Waals surface area contributed by atoms with Crippen molar-refractivity contribution < 1.29 is 27.5 Å². The van der Waals surface area contributed by atoms with Crippen molar-refractivity contribution in [3.63, 3.8) is 0 Å². The molecule has 0 aliphatic carbocycles. The van der Waals surface area contributed by atoms with Crippen molar-refractivity contribution in [2.24, 2.45) is 5.73 Å². The average molecular weight is 443 g/mol. The molecule has 2 amide bonds. The largest absolute Gasteiger partial charge is 0.443 e. The highest BCUT2D eigenvalue weighted by molar-refractivity contribution is 6.69. The Balaban J connectivity index is 2.32. The Labute approximate surface area is 177 Å². The number of likely N-dealkylation sites (tertiary alicyclic amines) is 1. The zero-order chi connectivity index (χ0) is 22.9. The molecule has 1 aliphatic rings. The molecular weight excluding hydrogens is 410 g/mol. The van der Waals surface area contributed by atoms with Gasteiger partial charge in [0.05, 0.1) is 12.1 Å². The van der Waals surface area contributed by atoms with Gasteiger partial charge in [0.15, 0.2) is 8.32 Å². The van der Waals surface area contributed by atoms with Gasteiger partial charge in [-0.15, -0.1) is 0 Å². The van der Waals surface area contributed by atoms with E-state index >= 15 is 0 Å². The van der Waals surface area contributed by atoms with Crippen LogP contribution in [0.1, 0.15) is 39.2 Å². The predicted molar refractivity (Wildman–Crippen MR) is 112 cm³/mol. The Morgan fingerprint density at radius 3 is 2.30 bits per heavy atom. The van der Waals surface area contributed by atoms with Gasteiger partial charge in [-0.05, 0) is 71.0 Å². The first-order chi connectivity index (χ1) is 13.7. The summed E-state index contributed by atoms with van der Waals surface area (Å²) in [5, 5.41) is 0. The Bertz CT molecular complexity index is 772. The van der Waals surface area contributed by atoms with Gasteiger partial charge in [-0.25, -0.2) is 18.5 Å². The van der Waals surface area contributed by atoms with E-state index in [0.29, 0.717) is 12.0 Å². The number of rotatable bonds is 6. The van der Waals surface area contributed by atoms with Crippen molar-refractivity contribution in [2.45, 2.75) is 83.5 Å². The van der Waals surface area contributed by atoms with Gasteiger partial charge in [0.2, 0.25) is 5.91 Å². The fraction of sp³-hybridized carbons (Fsp3) is 0.619. The first-order valence-corrected chi connectivity index (χ1v) is 13.5. The van der Waals surface area contributed by atoms with Gasteiger partial charge in [0.25, 0.3) is 0 Å². The van der Waals surface area contributed by atoms with Gasteiger partial charge in [-0.2, -0.15) is 0 Å². The van der Waals surface area contributed by atoms with Gasteiger partial charge in [-0.1, -0.05) is 0 Å². The van der Waals surface area contributed by atoms with Crippen molar-refractivity contribution in [3.8, 4) is 0 Å². The van der Waals surface area contributed by atoms with Crippen LogP contribution in [0.25, 0.3) is 0 Å². The normalized spacial score (nSPS) is 19.7. The molecule has 1 aliphatic heterocycles. The number of hydrogen-bond acceptors (Lipinski definition) is 5. The minimum Gasteiger partial charge on any atom is -0.443 e. The maximum absolute atomic E-state index is 13.6. The second kappa shape index (κ2) is 9.11. The summed E-state index contributed by atoms with van der Waals surface area (Å²) in [5.74, 6) is -1.72. The van der Waals surface area contributed by atoms with Crippen molar-refractivity contribution in [3.05, 3.63) is 35.4 Å². The van der Waals surface area contributed by atoms with E-state index in [4.69, 9.17) is 14.9 Å². The fourth-order valence-corrected chi connectivity index (χ4v) is 4.69. The standard InChI is InChI=1S/C21H32F2N2O4Si/c1-21(2,3)28-20(27)25-17(7-8-18(25)26)19(29-30(4,5)6)16(24)11-13-9-14(22)12-15(23)10-13/h9-10,12,16-17,19H,7-8,11,24H2,1-6H3/t16-,17-,19-/m0/s1. The highest BCUT2D eigenvalue weighted by Crippen LogP contribution is 2.29. The number of amides is 2. The van der Waals surface area contributed by atoms with Crippen LogP contribution in [0.2, 0.25) is 19.6 Å².